The SMILES string of the molecule is O=S(=O)(NCC1(CBr)CCCC1)c1ccccc1. The van der Waals surface area contributed by atoms with Crippen molar-refractivity contribution in [1.82, 2.24) is 4.72 Å². The van der Waals surface area contributed by atoms with Gasteiger partial charge in [0.05, 0.1) is 4.90 Å². The van der Waals surface area contributed by atoms with Gasteiger partial charge in [0.2, 0.25) is 10.0 Å². The molecule has 0 heterocycles. The molecule has 1 aromatic rings. The summed E-state index contributed by atoms with van der Waals surface area (Å²) in [6, 6.07) is 8.54. The van der Waals surface area contributed by atoms with E-state index in [2.05, 4.69) is 20.7 Å². The van der Waals surface area contributed by atoms with Crippen molar-refractivity contribution in [3.63, 3.8) is 0 Å². The predicted octanol–water partition coefficient (Wildman–Crippen LogP) is 2.92. The standard InChI is InChI=1S/C13H18BrNO2S/c14-10-13(8-4-5-9-13)11-15-18(16,17)12-6-2-1-3-7-12/h1-3,6-7,15H,4-5,8-11H2. The van der Waals surface area contributed by atoms with Crippen LogP contribution in [0.1, 0.15) is 25.7 Å². The molecule has 1 N–H and O–H groups in total. The summed E-state index contributed by atoms with van der Waals surface area (Å²) >= 11 is 3.52. The second-order valence-electron chi connectivity index (χ2n) is 4.98. The first-order valence-corrected chi connectivity index (χ1v) is 8.79. The zero-order valence-corrected chi connectivity index (χ0v) is 12.6. The molecule has 0 bridgehead atoms. The van der Waals surface area contributed by atoms with Crippen LogP contribution in [0.15, 0.2) is 35.2 Å². The van der Waals surface area contributed by atoms with Gasteiger partial charge in [0.25, 0.3) is 0 Å². The van der Waals surface area contributed by atoms with Crippen molar-refractivity contribution in [2.75, 3.05) is 11.9 Å². The summed E-state index contributed by atoms with van der Waals surface area (Å²) in [7, 11) is -3.37. The third kappa shape index (κ3) is 3.13. The number of nitrogens with one attached hydrogen (secondary N) is 1. The van der Waals surface area contributed by atoms with E-state index in [1.165, 1.54) is 12.8 Å². The molecule has 0 amide bonds. The molecule has 1 aromatic carbocycles. The van der Waals surface area contributed by atoms with Crippen molar-refractivity contribution in [1.29, 1.82) is 0 Å². The van der Waals surface area contributed by atoms with Crippen molar-refractivity contribution in [2.24, 2.45) is 5.41 Å². The lowest BCUT2D eigenvalue weighted by Gasteiger charge is -2.26. The maximum absolute atomic E-state index is 12.1. The molecule has 0 atom stereocenters. The predicted molar refractivity (Wildman–Crippen MR) is 76.3 cm³/mol. The van der Waals surface area contributed by atoms with Crippen LogP contribution in [-0.2, 0) is 10.0 Å². The third-order valence-corrected chi connectivity index (χ3v) is 6.25. The van der Waals surface area contributed by atoms with Gasteiger partial charge in [0, 0.05) is 11.9 Å². The van der Waals surface area contributed by atoms with Gasteiger partial charge in [0.15, 0.2) is 0 Å². The number of sulfonamides is 1. The van der Waals surface area contributed by atoms with Gasteiger partial charge in [-0.05, 0) is 30.4 Å². The van der Waals surface area contributed by atoms with Crippen molar-refractivity contribution in [3.8, 4) is 0 Å². The van der Waals surface area contributed by atoms with Gasteiger partial charge < -0.3 is 0 Å². The van der Waals surface area contributed by atoms with Crippen LogP contribution in [0.25, 0.3) is 0 Å². The Bertz CT molecular complexity index is 481. The summed E-state index contributed by atoms with van der Waals surface area (Å²) in [6.07, 6.45) is 4.57. The average Bonchev–Trinajstić information content (AvgIpc) is 2.87. The van der Waals surface area contributed by atoms with Gasteiger partial charge in [-0.25, -0.2) is 13.1 Å². The van der Waals surface area contributed by atoms with E-state index in [1.807, 2.05) is 6.07 Å². The van der Waals surface area contributed by atoms with Gasteiger partial charge >= 0.3 is 0 Å². The maximum Gasteiger partial charge on any atom is 0.240 e. The molecule has 100 valence electrons. The minimum Gasteiger partial charge on any atom is -0.211 e. The Hall–Kier alpha value is -0.390. The Morgan fingerprint density at radius 1 is 1.17 bits per heavy atom. The molecule has 1 fully saturated rings. The van der Waals surface area contributed by atoms with E-state index < -0.39 is 10.0 Å². The van der Waals surface area contributed by atoms with Crippen molar-refractivity contribution in [3.05, 3.63) is 30.3 Å². The van der Waals surface area contributed by atoms with Crippen LogP contribution in [0.5, 0.6) is 0 Å². The quantitative estimate of drug-likeness (QED) is 0.843. The summed E-state index contributed by atoms with van der Waals surface area (Å²) < 4.78 is 27.0. The van der Waals surface area contributed by atoms with E-state index in [0.717, 1.165) is 18.2 Å². The summed E-state index contributed by atoms with van der Waals surface area (Å²) in [5.41, 5.74) is 0.0991. The summed E-state index contributed by atoms with van der Waals surface area (Å²) in [4.78, 5) is 0.340. The highest BCUT2D eigenvalue weighted by Gasteiger charge is 2.33. The number of alkyl halides is 1. The van der Waals surface area contributed by atoms with E-state index in [-0.39, 0.29) is 5.41 Å². The Labute approximate surface area is 117 Å². The molecule has 5 heteroatoms. The smallest absolute Gasteiger partial charge is 0.211 e. The van der Waals surface area contributed by atoms with Gasteiger partial charge in [-0.15, -0.1) is 0 Å². The minimum absolute atomic E-state index is 0.0991. The third-order valence-electron chi connectivity index (χ3n) is 3.64. The number of hydrogen-bond acceptors (Lipinski definition) is 2. The molecule has 1 aliphatic rings. The molecule has 1 aliphatic carbocycles. The molecular weight excluding hydrogens is 314 g/mol. The Balaban J connectivity index is 2.06. The lowest BCUT2D eigenvalue weighted by Crippen LogP contribution is -2.37. The second-order valence-corrected chi connectivity index (χ2v) is 7.31. The normalized spacial score (nSPS) is 18.9. The van der Waals surface area contributed by atoms with Crippen molar-refractivity contribution < 1.29 is 8.42 Å². The number of hydrogen-bond donors (Lipinski definition) is 1. The number of halogens is 1. The van der Waals surface area contributed by atoms with Crippen molar-refractivity contribution in [2.45, 2.75) is 30.6 Å². The highest BCUT2D eigenvalue weighted by atomic mass is 79.9. The van der Waals surface area contributed by atoms with E-state index in [1.54, 1.807) is 24.3 Å². The highest BCUT2D eigenvalue weighted by Crippen LogP contribution is 2.39. The lowest BCUT2D eigenvalue weighted by molar-refractivity contribution is 0.347. The summed E-state index contributed by atoms with van der Waals surface area (Å²) in [5.74, 6) is 0. The van der Waals surface area contributed by atoms with Crippen molar-refractivity contribution >= 4 is 26.0 Å². The number of benzene rings is 1. The number of rotatable bonds is 5. The fourth-order valence-corrected chi connectivity index (χ4v) is 4.35. The van der Waals surface area contributed by atoms with Crippen LogP contribution in [0.3, 0.4) is 0 Å². The molecule has 0 spiro atoms. The Morgan fingerprint density at radius 2 is 1.78 bits per heavy atom. The molecule has 1 saturated carbocycles. The first-order chi connectivity index (χ1) is 8.58. The fraction of sp³-hybridized carbons (Fsp3) is 0.538. The molecule has 0 aromatic heterocycles. The molecule has 0 unspecified atom stereocenters. The van der Waals surface area contributed by atoms with E-state index in [9.17, 15) is 8.42 Å². The summed E-state index contributed by atoms with van der Waals surface area (Å²) in [5, 5.41) is 0.858. The molecule has 0 saturated heterocycles. The van der Waals surface area contributed by atoms with Crippen LogP contribution in [0, 0.1) is 5.41 Å². The van der Waals surface area contributed by atoms with Crippen LogP contribution < -0.4 is 4.72 Å². The zero-order chi connectivity index (χ0) is 13.1. The van der Waals surface area contributed by atoms with Gasteiger partial charge in [-0.1, -0.05) is 47.0 Å². The Morgan fingerprint density at radius 3 is 2.33 bits per heavy atom. The molecule has 2 rings (SSSR count). The van der Waals surface area contributed by atoms with Crippen LogP contribution in [0.2, 0.25) is 0 Å². The van der Waals surface area contributed by atoms with Crippen LogP contribution in [0.4, 0.5) is 0 Å². The average molecular weight is 332 g/mol. The van der Waals surface area contributed by atoms with E-state index >= 15 is 0 Å². The largest absolute Gasteiger partial charge is 0.240 e. The van der Waals surface area contributed by atoms with Gasteiger partial charge in [0.1, 0.15) is 0 Å². The Kier molecular flexibility index (Phi) is 4.45. The first-order valence-electron chi connectivity index (χ1n) is 6.19. The molecule has 0 aliphatic heterocycles. The van der Waals surface area contributed by atoms with Crippen LogP contribution in [-0.4, -0.2) is 20.3 Å². The summed E-state index contributed by atoms with van der Waals surface area (Å²) in [6.45, 7) is 0.523. The molecule has 18 heavy (non-hydrogen) atoms. The first kappa shape index (κ1) is 14.0. The monoisotopic (exact) mass is 331 g/mol. The highest BCUT2D eigenvalue weighted by molar-refractivity contribution is 9.09. The lowest BCUT2D eigenvalue weighted by atomic mass is 9.89. The second kappa shape index (κ2) is 5.72. The van der Waals surface area contributed by atoms with Gasteiger partial charge in [-0.2, -0.15) is 0 Å². The molecule has 0 radical (unpaired) electrons. The minimum atomic E-state index is -3.37. The maximum atomic E-state index is 12.1. The molecule has 3 nitrogen and oxygen atoms in total. The van der Waals surface area contributed by atoms with E-state index in [4.69, 9.17) is 0 Å². The van der Waals surface area contributed by atoms with Gasteiger partial charge in [-0.3, -0.25) is 0 Å². The topological polar surface area (TPSA) is 46.2 Å². The fourth-order valence-electron chi connectivity index (χ4n) is 2.41. The molecular formula is C13H18BrNO2S. The van der Waals surface area contributed by atoms with E-state index in [0.29, 0.717) is 11.4 Å². The zero-order valence-electron chi connectivity index (χ0n) is 10.2. The van der Waals surface area contributed by atoms with Crippen LogP contribution >= 0.6 is 15.9 Å².